The van der Waals surface area contributed by atoms with Crippen LogP contribution in [0.15, 0.2) is 34.1 Å². The lowest BCUT2D eigenvalue weighted by Crippen LogP contribution is -2.23. The van der Waals surface area contributed by atoms with Crippen molar-refractivity contribution in [3.8, 4) is 5.75 Å². The van der Waals surface area contributed by atoms with Gasteiger partial charge in [0.05, 0.1) is 28.7 Å². The number of carbonyl (C=O) groups is 1. The molecular weight excluding hydrogens is 328 g/mol. The number of methoxy groups -OCH3 is 1. The Labute approximate surface area is 123 Å². The summed E-state index contributed by atoms with van der Waals surface area (Å²) in [5.74, 6) is 0.209. The van der Waals surface area contributed by atoms with E-state index < -0.39 is 0 Å². The van der Waals surface area contributed by atoms with Gasteiger partial charge in [-0.15, -0.1) is 11.3 Å². The molecule has 1 aromatic carbocycles. The van der Waals surface area contributed by atoms with Crippen LogP contribution >= 0.6 is 27.3 Å². The fourth-order valence-electron chi connectivity index (χ4n) is 1.67. The molecule has 1 amide bonds. The van der Waals surface area contributed by atoms with Crippen LogP contribution in [0.2, 0.25) is 0 Å². The highest BCUT2D eigenvalue weighted by Crippen LogP contribution is 2.26. The summed E-state index contributed by atoms with van der Waals surface area (Å²) in [7, 11) is 1.50. The minimum absolute atomic E-state index is 0.200. The SMILES string of the molecule is COc1c(N)cccc1C(=O)NCc1ccc(Br)s1. The predicted molar refractivity (Wildman–Crippen MR) is 80.6 cm³/mol. The van der Waals surface area contributed by atoms with Gasteiger partial charge in [0.1, 0.15) is 0 Å². The molecule has 1 heterocycles. The molecule has 0 atom stereocenters. The zero-order valence-electron chi connectivity index (χ0n) is 10.3. The van der Waals surface area contributed by atoms with Crippen LogP contribution in [0.25, 0.3) is 0 Å². The highest BCUT2D eigenvalue weighted by molar-refractivity contribution is 9.11. The van der Waals surface area contributed by atoms with Crippen molar-refractivity contribution >= 4 is 38.9 Å². The molecule has 100 valence electrons. The summed E-state index contributed by atoms with van der Waals surface area (Å²) in [6.07, 6.45) is 0. The number of nitrogen functional groups attached to an aromatic ring is 1. The third-order valence-electron chi connectivity index (χ3n) is 2.55. The Morgan fingerprint density at radius 1 is 1.42 bits per heavy atom. The van der Waals surface area contributed by atoms with E-state index in [4.69, 9.17) is 10.5 Å². The Kier molecular flexibility index (Phi) is 4.44. The fraction of sp³-hybridized carbons (Fsp3) is 0.154. The number of benzene rings is 1. The molecule has 0 aliphatic heterocycles. The van der Waals surface area contributed by atoms with Crippen LogP contribution in [0.4, 0.5) is 5.69 Å². The topological polar surface area (TPSA) is 64.3 Å². The Morgan fingerprint density at radius 2 is 2.21 bits per heavy atom. The van der Waals surface area contributed by atoms with Crippen molar-refractivity contribution in [3.63, 3.8) is 0 Å². The van der Waals surface area contributed by atoms with Crippen LogP contribution in [-0.4, -0.2) is 13.0 Å². The number of thiophene rings is 1. The molecule has 6 heteroatoms. The van der Waals surface area contributed by atoms with Gasteiger partial charge in [-0.05, 0) is 40.2 Å². The number of rotatable bonds is 4. The number of nitrogens with one attached hydrogen (secondary N) is 1. The molecule has 3 N–H and O–H groups in total. The van der Waals surface area contributed by atoms with Crippen molar-refractivity contribution in [3.05, 3.63) is 44.6 Å². The molecule has 0 saturated heterocycles. The second-order valence-electron chi connectivity index (χ2n) is 3.82. The van der Waals surface area contributed by atoms with Crippen LogP contribution in [0.1, 0.15) is 15.2 Å². The highest BCUT2D eigenvalue weighted by Gasteiger charge is 2.14. The quantitative estimate of drug-likeness (QED) is 0.840. The predicted octanol–water partition coefficient (Wildman–Crippen LogP) is 3.03. The molecule has 0 aliphatic carbocycles. The maximum Gasteiger partial charge on any atom is 0.255 e. The molecule has 19 heavy (non-hydrogen) atoms. The fourth-order valence-corrected chi connectivity index (χ4v) is 3.09. The first-order valence-corrected chi connectivity index (χ1v) is 7.17. The maximum absolute atomic E-state index is 12.1. The van der Waals surface area contributed by atoms with Crippen LogP contribution < -0.4 is 15.8 Å². The third kappa shape index (κ3) is 3.27. The minimum Gasteiger partial charge on any atom is -0.494 e. The molecule has 0 bridgehead atoms. The summed E-state index contributed by atoms with van der Waals surface area (Å²) in [6, 6.07) is 9.04. The Bertz CT molecular complexity index is 598. The normalized spacial score (nSPS) is 10.2. The second-order valence-corrected chi connectivity index (χ2v) is 6.36. The number of hydrogen-bond acceptors (Lipinski definition) is 4. The monoisotopic (exact) mass is 340 g/mol. The number of nitrogens with two attached hydrogens (primary N) is 1. The number of ether oxygens (including phenoxy) is 1. The van der Waals surface area contributed by atoms with Crippen LogP contribution in [0, 0.1) is 0 Å². The summed E-state index contributed by atoms with van der Waals surface area (Å²) in [5, 5.41) is 2.85. The van der Waals surface area contributed by atoms with E-state index in [1.165, 1.54) is 7.11 Å². The Balaban J connectivity index is 2.10. The van der Waals surface area contributed by atoms with Gasteiger partial charge in [-0.2, -0.15) is 0 Å². The van der Waals surface area contributed by atoms with E-state index in [-0.39, 0.29) is 5.91 Å². The van der Waals surface area contributed by atoms with Gasteiger partial charge >= 0.3 is 0 Å². The number of amides is 1. The molecule has 0 spiro atoms. The number of halogens is 1. The average Bonchev–Trinajstić information content (AvgIpc) is 2.81. The van der Waals surface area contributed by atoms with Crippen LogP contribution in [0.3, 0.4) is 0 Å². The number of anilines is 1. The van der Waals surface area contributed by atoms with Gasteiger partial charge in [0.15, 0.2) is 5.75 Å². The molecule has 0 fully saturated rings. The number of hydrogen-bond donors (Lipinski definition) is 2. The molecule has 2 rings (SSSR count). The van der Waals surface area contributed by atoms with Crippen LogP contribution in [-0.2, 0) is 6.54 Å². The first kappa shape index (κ1) is 13.9. The second kappa shape index (κ2) is 6.08. The lowest BCUT2D eigenvalue weighted by atomic mass is 10.1. The van der Waals surface area contributed by atoms with Gasteiger partial charge in [-0.1, -0.05) is 6.07 Å². The van der Waals surface area contributed by atoms with Crippen molar-refractivity contribution in [2.24, 2.45) is 0 Å². The molecular formula is C13H13BrN2O2S. The smallest absolute Gasteiger partial charge is 0.255 e. The van der Waals surface area contributed by atoms with Gasteiger partial charge in [0.25, 0.3) is 5.91 Å². The molecule has 1 aromatic heterocycles. The standard InChI is InChI=1S/C13H13BrN2O2S/c1-18-12-9(3-2-4-10(12)15)13(17)16-7-8-5-6-11(14)19-8/h2-6H,7,15H2,1H3,(H,16,17). The van der Waals surface area contributed by atoms with E-state index in [1.54, 1.807) is 29.5 Å². The molecule has 4 nitrogen and oxygen atoms in total. The number of para-hydroxylation sites is 1. The summed E-state index contributed by atoms with van der Waals surface area (Å²) >= 11 is 4.97. The summed E-state index contributed by atoms with van der Waals surface area (Å²) in [6.45, 7) is 0.479. The summed E-state index contributed by atoms with van der Waals surface area (Å²) in [4.78, 5) is 13.2. The molecule has 0 aliphatic rings. The van der Waals surface area contributed by atoms with E-state index >= 15 is 0 Å². The van der Waals surface area contributed by atoms with Gasteiger partial charge < -0.3 is 15.8 Å². The van der Waals surface area contributed by atoms with Gasteiger partial charge in [0, 0.05) is 4.88 Å². The molecule has 0 unspecified atom stereocenters. The van der Waals surface area contributed by atoms with Gasteiger partial charge in [-0.25, -0.2) is 0 Å². The summed E-state index contributed by atoms with van der Waals surface area (Å²) in [5.41, 5.74) is 6.67. The molecule has 2 aromatic rings. The Hall–Kier alpha value is -1.53. The highest BCUT2D eigenvalue weighted by atomic mass is 79.9. The van der Waals surface area contributed by atoms with Crippen molar-refractivity contribution in [2.45, 2.75) is 6.54 Å². The number of carbonyl (C=O) groups excluding carboxylic acids is 1. The van der Waals surface area contributed by atoms with Gasteiger partial charge in [0.2, 0.25) is 0 Å². The van der Waals surface area contributed by atoms with Gasteiger partial charge in [-0.3, -0.25) is 4.79 Å². The molecule has 0 radical (unpaired) electrons. The zero-order chi connectivity index (χ0) is 13.8. The lowest BCUT2D eigenvalue weighted by Gasteiger charge is -2.10. The van der Waals surface area contributed by atoms with E-state index in [0.29, 0.717) is 23.5 Å². The van der Waals surface area contributed by atoms with Crippen molar-refractivity contribution < 1.29 is 9.53 Å². The van der Waals surface area contributed by atoms with Crippen molar-refractivity contribution in [1.82, 2.24) is 5.32 Å². The van der Waals surface area contributed by atoms with E-state index in [0.717, 1.165) is 8.66 Å². The first-order valence-electron chi connectivity index (χ1n) is 5.56. The average molecular weight is 341 g/mol. The van der Waals surface area contributed by atoms with E-state index in [9.17, 15) is 4.79 Å². The van der Waals surface area contributed by atoms with Crippen LogP contribution in [0.5, 0.6) is 5.75 Å². The summed E-state index contributed by atoms with van der Waals surface area (Å²) < 4.78 is 6.20. The molecule has 0 saturated carbocycles. The van der Waals surface area contributed by atoms with E-state index in [1.807, 2.05) is 12.1 Å². The minimum atomic E-state index is -0.200. The zero-order valence-corrected chi connectivity index (χ0v) is 12.7. The third-order valence-corrected chi connectivity index (χ3v) is 4.17. The maximum atomic E-state index is 12.1. The Morgan fingerprint density at radius 3 is 2.84 bits per heavy atom. The first-order chi connectivity index (χ1) is 9.11. The lowest BCUT2D eigenvalue weighted by molar-refractivity contribution is 0.0948. The van der Waals surface area contributed by atoms with Crippen molar-refractivity contribution in [2.75, 3.05) is 12.8 Å². The largest absolute Gasteiger partial charge is 0.494 e. The van der Waals surface area contributed by atoms with E-state index in [2.05, 4.69) is 21.2 Å². The van der Waals surface area contributed by atoms with Crippen molar-refractivity contribution in [1.29, 1.82) is 0 Å².